The fraction of sp³-hybridized carbons (Fsp3) is 0. The van der Waals surface area contributed by atoms with Gasteiger partial charge in [-0.2, -0.15) is 10.4 Å². The molecule has 0 saturated carbocycles. The molecule has 0 aliphatic carbocycles. The molecule has 1 N–H and O–H groups in total. The van der Waals surface area contributed by atoms with Gasteiger partial charge in [0.05, 0.1) is 11.7 Å². The van der Waals surface area contributed by atoms with Gasteiger partial charge >= 0.3 is 0 Å². The molecule has 60 valence electrons. The van der Waals surface area contributed by atoms with Crippen molar-refractivity contribution in [2.45, 2.75) is 0 Å². The van der Waals surface area contributed by atoms with Crippen LogP contribution in [0.3, 0.4) is 0 Å². The van der Waals surface area contributed by atoms with Crippen LogP contribution in [-0.4, -0.2) is 10.2 Å². The van der Waals surface area contributed by atoms with Crippen molar-refractivity contribution in [2.24, 2.45) is 0 Å². The lowest BCUT2D eigenvalue weighted by Gasteiger charge is -1.89. The highest BCUT2D eigenvalue weighted by atomic mass is 15.1. The molecule has 1 aromatic heterocycles. The van der Waals surface area contributed by atoms with Crippen LogP contribution in [0, 0.1) is 23.2 Å². The fourth-order valence-electron chi connectivity index (χ4n) is 1.12. The highest BCUT2D eigenvalue weighted by Crippen LogP contribution is 2.11. The van der Waals surface area contributed by atoms with E-state index in [1.165, 1.54) is 0 Å². The fourth-order valence-corrected chi connectivity index (χ4v) is 1.12. The predicted molar refractivity (Wildman–Crippen MR) is 48.6 cm³/mol. The first-order valence-electron chi connectivity index (χ1n) is 3.73. The van der Waals surface area contributed by atoms with Crippen LogP contribution in [0.5, 0.6) is 0 Å². The monoisotopic (exact) mass is 167 g/mol. The Morgan fingerprint density at radius 3 is 3.15 bits per heavy atom. The van der Waals surface area contributed by atoms with Gasteiger partial charge in [-0.1, -0.05) is 5.92 Å². The number of H-pyrrole nitrogens is 1. The molecule has 2 aromatic rings. The van der Waals surface area contributed by atoms with Crippen molar-refractivity contribution in [3.8, 4) is 17.9 Å². The average molecular weight is 167 g/mol. The molecule has 0 atom stereocenters. The molecular weight excluding hydrogens is 162 g/mol. The van der Waals surface area contributed by atoms with E-state index in [0.29, 0.717) is 0 Å². The van der Waals surface area contributed by atoms with Gasteiger partial charge in [0.1, 0.15) is 0 Å². The summed E-state index contributed by atoms with van der Waals surface area (Å²) in [7, 11) is 0. The molecule has 1 aromatic carbocycles. The van der Waals surface area contributed by atoms with Crippen LogP contribution >= 0.6 is 0 Å². The van der Waals surface area contributed by atoms with Crippen molar-refractivity contribution in [1.82, 2.24) is 10.2 Å². The maximum Gasteiger partial charge on any atom is 0.152 e. The minimum Gasteiger partial charge on any atom is -0.278 e. The van der Waals surface area contributed by atoms with Crippen molar-refractivity contribution in [1.29, 1.82) is 5.26 Å². The second-order valence-corrected chi connectivity index (χ2v) is 2.53. The van der Waals surface area contributed by atoms with Crippen molar-refractivity contribution in [2.75, 3.05) is 0 Å². The van der Waals surface area contributed by atoms with Crippen molar-refractivity contribution < 1.29 is 0 Å². The van der Waals surface area contributed by atoms with E-state index < -0.39 is 0 Å². The lowest BCUT2D eigenvalue weighted by Crippen LogP contribution is -1.73. The maximum absolute atomic E-state index is 8.26. The van der Waals surface area contributed by atoms with Crippen LogP contribution in [0.15, 0.2) is 24.4 Å². The van der Waals surface area contributed by atoms with Gasteiger partial charge in [-0.25, -0.2) is 0 Å². The van der Waals surface area contributed by atoms with Crippen LogP contribution in [0.4, 0.5) is 0 Å². The standard InChI is InChI=1S/C10H5N3/c11-5-1-2-8-3-4-10-9(6-8)7-12-13-10/h3-4,6-7H,(H,12,13). The van der Waals surface area contributed by atoms with Crippen molar-refractivity contribution >= 4 is 10.9 Å². The maximum atomic E-state index is 8.26. The topological polar surface area (TPSA) is 52.5 Å². The number of nitrogens with zero attached hydrogens (tertiary/aromatic N) is 2. The summed E-state index contributed by atoms with van der Waals surface area (Å²) in [6, 6.07) is 7.41. The van der Waals surface area contributed by atoms with E-state index in [1.807, 2.05) is 18.2 Å². The molecule has 0 spiro atoms. The zero-order valence-corrected chi connectivity index (χ0v) is 6.70. The molecule has 1 heterocycles. The molecular formula is C10H5N3. The Balaban J connectivity index is 2.56. The molecule has 0 saturated heterocycles. The van der Waals surface area contributed by atoms with E-state index in [2.05, 4.69) is 22.0 Å². The van der Waals surface area contributed by atoms with Crippen LogP contribution in [0.25, 0.3) is 10.9 Å². The van der Waals surface area contributed by atoms with E-state index in [0.717, 1.165) is 16.5 Å². The van der Waals surface area contributed by atoms with E-state index >= 15 is 0 Å². The van der Waals surface area contributed by atoms with Crippen molar-refractivity contribution in [3.05, 3.63) is 30.0 Å². The first-order chi connectivity index (χ1) is 6.40. The van der Waals surface area contributed by atoms with Gasteiger partial charge in [-0.15, -0.1) is 0 Å². The Morgan fingerprint density at radius 2 is 2.31 bits per heavy atom. The molecule has 0 amide bonds. The Kier molecular flexibility index (Phi) is 1.71. The van der Waals surface area contributed by atoms with E-state index in [9.17, 15) is 0 Å². The lowest BCUT2D eigenvalue weighted by atomic mass is 10.2. The number of rotatable bonds is 0. The minimum absolute atomic E-state index is 0.829. The van der Waals surface area contributed by atoms with Crippen LogP contribution in [0.1, 0.15) is 5.56 Å². The van der Waals surface area contributed by atoms with Gasteiger partial charge in [0.25, 0.3) is 0 Å². The molecule has 0 fully saturated rings. The third-order valence-corrected chi connectivity index (χ3v) is 1.70. The summed E-state index contributed by atoms with van der Waals surface area (Å²) < 4.78 is 0. The van der Waals surface area contributed by atoms with Crippen LogP contribution in [-0.2, 0) is 0 Å². The Bertz CT molecular complexity index is 534. The number of aromatic nitrogens is 2. The minimum atomic E-state index is 0.829. The summed E-state index contributed by atoms with van der Waals surface area (Å²) >= 11 is 0. The Hall–Kier alpha value is -2.26. The van der Waals surface area contributed by atoms with Gasteiger partial charge in [0, 0.05) is 16.9 Å². The predicted octanol–water partition coefficient (Wildman–Crippen LogP) is 1.44. The van der Waals surface area contributed by atoms with Crippen LogP contribution < -0.4 is 0 Å². The molecule has 2 rings (SSSR count). The second kappa shape index (κ2) is 3.00. The zero-order valence-electron chi connectivity index (χ0n) is 6.70. The molecule has 3 heteroatoms. The highest BCUT2D eigenvalue weighted by Gasteiger charge is 1.94. The number of aromatic amines is 1. The molecule has 0 unspecified atom stereocenters. The van der Waals surface area contributed by atoms with Gasteiger partial charge < -0.3 is 0 Å². The molecule has 3 nitrogen and oxygen atoms in total. The highest BCUT2D eigenvalue weighted by molar-refractivity contribution is 5.79. The van der Waals surface area contributed by atoms with E-state index in [1.54, 1.807) is 12.3 Å². The summed E-state index contributed by atoms with van der Waals surface area (Å²) in [6.45, 7) is 0. The largest absolute Gasteiger partial charge is 0.278 e. The van der Waals surface area contributed by atoms with Gasteiger partial charge in [0.15, 0.2) is 6.07 Å². The summed E-state index contributed by atoms with van der Waals surface area (Å²) in [5.41, 5.74) is 1.80. The first kappa shape index (κ1) is 7.39. The Morgan fingerprint density at radius 1 is 1.38 bits per heavy atom. The quantitative estimate of drug-likeness (QED) is 0.603. The molecule has 0 aliphatic heterocycles. The van der Waals surface area contributed by atoms with E-state index in [4.69, 9.17) is 5.26 Å². The first-order valence-corrected chi connectivity index (χ1v) is 3.73. The Labute approximate surface area is 75.0 Å². The number of hydrogen-bond acceptors (Lipinski definition) is 2. The van der Waals surface area contributed by atoms with Crippen LogP contribution in [0.2, 0.25) is 0 Å². The molecule has 0 aliphatic rings. The van der Waals surface area contributed by atoms with Gasteiger partial charge in [0.2, 0.25) is 0 Å². The zero-order chi connectivity index (χ0) is 9.10. The summed E-state index contributed by atoms with van der Waals surface area (Å²) in [6.07, 6.45) is 1.73. The normalized spacial score (nSPS) is 8.85. The van der Waals surface area contributed by atoms with Gasteiger partial charge in [-0.05, 0) is 18.2 Å². The van der Waals surface area contributed by atoms with E-state index in [-0.39, 0.29) is 0 Å². The third-order valence-electron chi connectivity index (χ3n) is 1.70. The summed E-state index contributed by atoms with van der Waals surface area (Å²) in [5.74, 6) is 5.07. The summed E-state index contributed by atoms with van der Waals surface area (Å²) in [5, 5.41) is 16.0. The average Bonchev–Trinajstić information content (AvgIpc) is 2.61. The SMILES string of the molecule is N#CC#Cc1ccc2[nH]ncc2c1. The summed E-state index contributed by atoms with van der Waals surface area (Å²) in [4.78, 5) is 0. The molecule has 0 radical (unpaired) electrons. The number of nitriles is 1. The smallest absolute Gasteiger partial charge is 0.152 e. The van der Waals surface area contributed by atoms with Crippen molar-refractivity contribution in [3.63, 3.8) is 0 Å². The number of hydrogen-bond donors (Lipinski definition) is 1. The number of benzene rings is 1. The molecule has 13 heavy (non-hydrogen) atoms. The molecule has 0 bridgehead atoms. The van der Waals surface area contributed by atoms with Gasteiger partial charge in [-0.3, -0.25) is 5.10 Å². The number of nitrogens with one attached hydrogen (secondary N) is 1. The third kappa shape index (κ3) is 1.36. The lowest BCUT2D eigenvalue weighted by molar-refractivity contribution is 1.12. The number of fused-ring (bicyclic) bond motifs is 1. The second-order valence-electron chi connectivity index (χ2n) is 2.53.